The summed E-state index contributed by atoms with van der Waals surface area (Å²) in [4.78, 5) is 11.1. The van der Waals surface area contributed by atoms with Gasteiger partial charge in [-0.2, -0.15) is 0 Å². The second-order valence-electron chi connectivity index (χ2n) is 2.88. The minimum atomic E-state index is -0.0591. The van der Waals surface area contributed by atoms with E-state index in [2.05, 4.69) is 22.9 Å². The van der Waals surface area contributed by atoms with Gasteiger partial charge in [0.15, 0.2) is 0 Å². The number of rotatable bonds is 1. The van der Waals surface area contributed by atoms with Crippen molar-refractivity contribution in [3.8, 4) is 0 Å². The predicted octanol–water partition coefficient (Wildman–Crippen LogP) is -1.32. The predicted molar refractivity (Wildman–Crippen MR) is 43.3 cm³/mol. The smallest absolute Gasteiger partial charge is 0.238 e. The second-order valence-corrected chi connectivity index (χ2v) is 2.88. The molecule has 3 N–H and O–H groups in total. The van der Waals surface area contributed by atoms with Crippen LogP contribution in [-0.4, -0.2) is 38.1 Å². The number of amides is 1. The van der Waals surface area contributed by atoms with Gasteiger partial charge < -0.3 is 16.0 Å². The Morgan fingerprint density at radius 2 is 2.18 bits per heavy atom. The zero-order valence-corrected chi connectivity index (χ0v) is 6.98. The zero-order valence-electron chi connectivity index (χ0n) is 6.98. The summed E-state index contributed by atoms with van der Waals surface area (Å²) in [6.07, 6.45) is 0. The van der Waals surface area contributed by atoms with Crippen LogP contribution in [0.5, 0.6) is 0 Å². The van der Waals surface area contributed by atoms with Gasteiger partial charge >= 0.3 is 0 Å². The largest absolute Gasteiger partial charge is 0.358 e. The molecule has 4 nitrogen and oxygen atoms in total. The van der Waals surface area contributed by atoms with Crippen LogP contribution in [0.4, 0.5) is 0 Å². The third-order valence-electron chi connectivity index (χ3n) is 1.90. The molecule has 1 aliphatic rings. The fourth-order valence-corrected chi connectivity index (χ4v) is 1.14. The second kappa shape index (κ2) is 3.69. The van der Waals surface area contributed by atoms with Crippen molar-refractivity contribution in [3.63, 3.8) is 0 Å². The first-order valence-corrected chi connectivity index (χ1v) is 3.92. The van der Waals surface area contributed by atoms with Crippen molar-refractivity contribution in [3.05, 3.63) is 0 Å². The molecule has 0 aromatic carbocycles. The third kappa shape index (κ3) is 2.17. The van der Waals surface area contributed by atoms with Gasteiger partial charge in [0.1, 0.15) is 0 Å². The number of carbonyl (C=O) groups is 1. The molecule has 0 radical (unpaired) electrons. The van der Waals surface area contributed by atoms with Crippen LogP contribution in [0, 0.1) is 0 Å². The molecule has 1 fully saturated rings. The van der Waals surface area contributed by atoms with Gasteiger partial charge in [0.2, 0.25) is 5.91 Å². The molecule has 4 heteroatoms. The van der Waals surface area contributed by atoms with Crippen molar-refractivity contribution in [1.29, 1.82) is 0 Å². The van der Waals surface area contributed by atoms with Gasteiger partial charge in [-0.25, -0.2) is 0 Å². The Balaban J connectivity index is 2.33. The Labute approximate surface area is 66.7 Å². The van der Waals surface area contributed by atoms with E-state index in [9.17, 15) is 4.79 Å². The molecule has 1 saturated heterocycles. The van der Waals surface area contributed by atoms with Crippen molar-refractivity contribution in [1.82, 2.24) is 16.0 Å². The first-order valence-electron chi connectivity index (χ1n) is 3.92. The molecule has 64 valence electrons. The maximum Gasteiger partial charge on any atom is 0.238 e. The van der Waals surface area contributed by atoms with Crippen LogP contribution in [0.25, 0.3) is 0 Å². The van der Waals surface area contributed by atoms with E-state index in [1.807, 2.05) is 0 Å². The lowest BCUT2D eigenvalue weighted by molar-refractivity contribution is -0.122. The fraction of sp³-hybridized carbons (Fsp3) is 0.857. The number of hydrogen-bond donors (Lipinski definition) is 3. The van der Waals surface area contributed by atoms with Crippen molar-refractivity contribution < 1.29 is 4.79 Å². The molecule has 0 aliphatic carbocycles. The van der Waals surface area contributed by atoms with E-state index in [-0.39, 0.29) is 11.9 Å². The summed E-state index contributed by atoms with van der Waals surface area (Å²) in [6, 6.07) is 0.409. The highest BCUT2D eigenvalue weighted by Gasteiger charge is 2.21. The molecular formula is C7H15N3O. The Bertz CT molecular complexity index is 141. The molecule has 1 aliphatic heterocycles. The molecule has 2 atom stereocenters. The highest BCUT2D eigenvalue weighted by atomic mass is 16.2. The molecule has 11 heavy (non-hydrogen) atoms. The maximum atomic E-state index is 11.1. The van der Waals surface area contributed by atoms with Crippen LogP contribution in [0.2, 0.25) is 0 Å². The van der Waals surface area contributed by atoms with Crippen LogP contribution < -0.4 is 16.0 Å². The Morgan fingerprint density at radius 1 is 1.45 bits per heavy atom. The highest BCUT2D eigenvalue weighted by Crippen LogP contribution is 1.91. The lowest BCUT2D eigenvalue weighted by Gasteiger charge is -2.27. The number of piperazine rings is 1. The molecule has 1 amide bonds. The molecule has 0 bridgehead atoms. The van der Waals surface area contributed by atoms with E-state index in [4.69, 9.17) is 0 Å². The summed E-state index contributed by atoms with van der Waals surface area (Å²) < 4.78 is 0. The van der Waals surface area contributed by atoms with E-state index in [0.717, 1.165) is 13.1 Å². The Hall–Kier alpha value is -0.610. The molecule has 0 aromatic heterocycles. The van der Waals surface area contributed by atoms with Gasteiger partial charge in [0, 0.05) is 26.2 Å². The van der Waals surface area contributed by atoms with Gasteiger partial charge in [-0.05, 0) is 6.92 Å². The number of hydrogen-bond acceptors (Lipinski definition) is 3. The minimum Gasteiger partial charge on any atom is -0.358 e. The maximum absolute atomic E-state index is 11.1. The molecule has 1 heterocycles. The fourth-order valence-electron chi connectivity index (χ4n) is 1.14. The quantitative estimate of drug-likeness (QED) is 0.442. The van der Waals surface area contributed by atoms with Crippen LogP contribution in [-0.2, 0) is 4.79 Å². The van der Waals surface area contributed by atoms with Crippen molar-refractivity contribution in [2.75, 3.05) is 20.1 Å². The summed E-state index contributed by atoms with van der Waals surface area (Å²) in [5.41, 5.74) is 0. The minimum absolute atomic E-state index is 0.0591. The summed E-state index contributed by atoms with van der Waals surface area (Å²) >= 11 is 0. The van der Waals surface area contributed by atoms with Crippen LogP contribution in [0.3, 0.4) is 0 Å². The zero-order chi connectivity index (χ0) is 8.27. The highest BCUT2D eigenvalue weighted by molar-refractivity contribution is 5.81. The van der Waals surface area contributed by atoms with Gasteiger partial charge in [0.25, 0.3) is 0 Å². The third-order valence-corrected chi connectivity index (χ3v) is 1.90. The van der Waals surface area contributed by atoms with Gasteiger partial charge in [0.05, 0.1) is 6.04 Å². The summed E-state index contributed by atoms with van der Waals surface area (Å²) in [5, 5.41) is 8.98. The normalized spacial score (nSPS) is 31.5. The lowest BCUT2D eigenvalue weighted by Crippen LogP contribution is -2.58. The molecule has 0 aromatic rings. The average molecular weight is 157 g/mol. The van der Waals surface area contributed by atoms with Crippen LogP contribution >= 0.6 is 0 Å². The monoisotopic (exact) mass is 157 g/mol. The standard InChI is InChI=1S/C7H15N3O/c1-5-3-10-6(4-9-5)7(11)8-2/h5-6,9-10H,3-4H2,1-2H3,(H,8,11)/t5-,6+/m0/s1. The summed E-state index contributed by atoms with van der Waals surface area (Å²) in [7, 11) is 1.65. The summed E-state index contributed by atoms with van der Waals surface area (Å²) in [6.45, 7) is 3.67. The van der Waals surface area contributed by atoms with Crippen LogP contribution in [0.15, 0.2) is 0 Å². The van der Waals surface area contributed by atoms with E-state index in [1.54, 1.807) is 7.05 Å². The summed E-state index contributed by atoms with van der Waals surface area (Å²) in [5.74, 6) is 0.0596. The SMILES string of the molecule is CNC(=O)[C@H]1CN[C@@H](C)CN1. The first kappa shape index (κ1) is 8.49. The number of likely N-dealkylation sites (N-methyl/N-ethyl adjacent to an activating group) is 1. The molecule has 0 spiro atoms. The van der Waals surface area contributed by atoms with E-state index >= 15 is 0 Å². The Kier molecular flexibility index (Phi) is 2.84. The van der Waals surface area contributed by atoms with Crippen LogP contribution in [0.1, 0.15) is 6.92 Å². The van der Waals surface area contributed by atoms with E-state index in [1.165, 1.54) is 0 Å². The van der Waals surface area contributed by atoms with Gasteiger partial charge in [-0.1, -0.05) is 0 Å². The van der Waals surface area contributed by atoms with Crippen molar-refractivity contribution >= 4 is 5.91 Å². The number of nitrogens with one attached hydrogen (secondary N) is 3. The Morgan fingerprint density at radius 3 is 2.64 bits per heavy atom. The molecule has 1 rings (SSSR count). The first-order chi connectivity index (χ1) is 5.24. The molecule has 0 saturated carbocycles. The van der Waals surface area contributed by atoms with E-state index < -0.39 is 0 Å². The molecule has 0 unspecified atom stereocenters. The topological polar surface area (TPSA) is 53.2 Å². The number of carbonyl (C=O) groups excluding carboxylic acids is 1. The van der Waals surface area contributed by atoms with E-state index in [0.29, 0.717) is 6.04 Å². The molecular weight excluding hydrogens is 142 g/mol. The average Bonchev–Trinajstić information content (AvgIpc) is 2.05. The van der Waals surface area contributed by atoms with Gasteiger partial charge in [-0.3, -0.25) is 4.79 Å². The van der Waals surface area contributed by atoms with Gasteiger partial charge in [-0.15, -0.1) is 0 Å². The lowest BCUT2D eigenvalue weighted by atomic mass is 10.1. The van der Waals surface area contributed by atoms with Crippen molar-refractivity contribution in [2.45, 2.75) is 19.0 Å². The van der Waals surface area contributed by atoms with Crippen molar-refractivity contribution in [2.24, 2.45) is 0 Å².